The van der Waals surface area contributed by atoms with Gasteiger partial charge in [-0.3, -0.25) is 0 Å². The van der Waals surface area contributed by atoms with Crippen molar-refractivity contribution >= 4 is 11.8 Å². The van der Waals surface area contributed by atoms with Crippen molar-refractivity contribution in [3.8, 4) is 0 Å². The average Bonchev–Trinajstić information content (AvgIpc) is 2.35. The van der Waals surface area contributed by atoms with Gasteiger partial charge in [-0.25, -0.2) is 8.78 Å². The molecule has 1 N–H and O–H groups in total. The average molecular weight is 271 g/mol. The Morgan fingerprint density at radius 2 is 2.11 bits per heavy atom. The monoisotopic (exact) mass is 271 g/mol. The summed E-state index contributed by atoms with van der Waals surface area (Å²) in [4.78, 5) is 0. The van der Waals surface area contributed by atoms with Crippen LogP contribution in [0.3, 0.4) is 0 Å². The Hall–Kier alpha value is -0.610. The normalized spacial score (nSPS) is 21.8. The van der Waals surface area contributed by atoms with Gasteiger partial charge in [0.2, 0.25) is 0 Å². The Labute approximate surface area is 111 Å². The molecule has 2 atom stereocenters. The molecule has 1 saturated heterocycles. The predicted molar refractivity (Wildman–Crippen MR) is 73.0 cm³/mol. The highest BCUT2D eigenvalue weighted by molar-refractivity contribution is 7.99. The molecule has 1 aliphatic heterocycles. The topological polar surface area (TPSA) is 12.0 Å². The van der Waals surface area contributed by atoms with E-state index in [2.05, 4.69) is 5.32 Å². The first-order valence-electron chi connectivity index (χ1n) is 6.43. The second-order valence-electron chi connectivity index (χ2n) is 4.89. The molecule has 0 aliphatic carbocycles. The molecular formula is C14H19F2NS. The molecular weight excluding hydrogens is 252 g/mol. The van der Waals surface area contributed by atoms with Crippen LogP contribution in [0.15, 0.2) is 18.2 Å². The fourth-order valence-electron chi connectivity index (χ4n) is 2.37. The van der Waals surface area contributed by atoms with Gasteiger partial charge in [0, 0.05) is 23.4 Å². The van der Waals surface area contributed by atoms with Crippen LogP contribution < -0.4 is 5.32 Å². The molecule has 0 spiro atoms. The van der Waals surface area contributed by atoms with E-state index in [0.29, 0.717) is 12.5 Å². The van der Waals surface area contributed by atoms with Crippen LogP contribution in [0.1, 0.15) is 25.3 Å². The van der Waals surface area contributed by atoms with Crippen molar-refractivity contribution in [3.05, 3.63) is 35.4 Å². The molecule has 1 heterocycles. The Kier molecular flexibility index (Phi) is 5.01. The number of thioether (sulfide) groups is 1. The zero-order valence-corrected chi connectivity index (χ0v) is 11.4. The zero-order chi connectivity index (χ0) is 13.0. The minimum absolute atomic E-state index is 0.0973. The number of benzene rings is 1. The van der Waals surface area contributed by atoms with Gasteiger partial charge in [0.15, 0.2) is 0 Å². The maximum atomic E-state index is 13.5. The van der Waals surface area contributed by atoms with E-state index in [4.69, 9.17) is 0 Å². The van der Waals surface area contributed by atoms with E-state index in [1.54, 1.807) is 0 Å². The quantitative estimate of drug-likeness (QED) is 0.901. The third kappa shape index (κ3) is 3.69. The van der Waals surface area contributed by atoms with E-state index in [1.165, 1.54) is 30.4 Å². The summed E-state index contributed by atoms with van der Waals surface area (Å²) in [5, 5.41) is 3.47. The summed E-state index contributed by atoms with van der Waals surface area (Å²) in [6.07, 6.45) is 2.79. The van der Waals surface area contributed by atoms with Gasteiger partial charge >= 0.3 is 0 Å². The zero-order valence-electron chi connectivity index (χ0n) is 10.6. The second-order valence-corrected chi connectivity index (χ2v) is 6.04. The van der Waals surface area contributed by atoms with Crippen LogP contribution in [0.4, 0.5) is 8.78 Å². The van der Waals surface area contributed by atoms with Gasteiger partial charge in [0.25, 0.3) is 0 Å². The van der Waals surface area contributed by atoms with Crippen LogP contribution in [0, 0.1) is 11.6 Å². The summed E-state index contributed by atoms with van der Waals surface area (Å²) < 4.78 is 27.0. The summed E-state index contributed by atoms with van der Waals surface area (Å²) in [6.45, 7) is 1.99. The molecule has 1 fully saturated rings. The van der Waals surface area contributed by atoms with Crippen LogP contribution in [0.25, 0.3) is 0 Å². The standard InChI is InChI=1S/C14H19F2NS/c1-10(17-11-4-3-7-18-9-11)8-12-13(15)5-2-6-14(12)16/h2,5-6,10-11,17H,3-4,7-9H2,1H3. The molecule has 1 aromatic carbocycles. The molecule has 0 bridgehead atoms. The molecule has 2 unspecified atom stereocenters. The minimum Gasteiger partial charge on any atom is -0.310 e. The maximum Gasteiger partial charge on any atom is 0.129 e. The summed E-state index contributed by atoms with van der Waals surface area (Å²) in [5.74, 6) is 1.45. The second kappa shape index (κ2) is 6.53. The largest absolute Gasteiger partial charge is 0.310 e. The van der Waals surface area contributed by atoms with E-state index in [0.717, 1.165) is 12.2 Å². The Bertz CT molecular complexity index is 371. The fourth-order valence-corrected chi connectivity index (χ4v) is 3.45. The molecule has 18 heavy (non-hydrogen) atoms. The van der Waals surface area contributed by atoms with Crippen molar-refractivity contribution in [3.63, 3.8) is 0 Å². The highest BCUT2D eigenvalue weighted by Crippen LogP contribution is 2.19. The third-order valence-corrected chi connectivity index (χ3v) is 4.47. The van der Waals surface area contributed by atoms with Crippen molar-refractivity contribution in [2.45, 2.75) is 38.3 Å². The number of rotatable bonds is 4. The molecule has 0 radical (unpaired) electrons. The van der Waals surface area contributed by atoms with Crippen LogP contribution in [0.5, 0.6) is 0 Å². The van der Waals surface area contributed by atoms with Gasteiger partial charge in [0.05, 0.1) is 0 Å². The molecule has 2 rings (SSSR count). The first-order valence-corrected chi connectivity index (χ1v) is 7.59. The third-order valence-electron chi connectivity index (χ3n) is 3.25. The molecule has 1 nitrogen and oxygen atoms in total. The van der Waals surface area contributed by atoms with Crippen molar-refractivity contribution in [2.24, 2.45) is 0 Å². The van der Waals surface area contributed by atoms with Gasteiger partial charge in [-0.2, -0.15) is 11.8 Å². The lowest BCUT2D eigenvalue weighted by molar-refractivity contribution is 0.429. The summed E-state index contributed by atoms with van der Waals surface area (Å²) >= 11 is 1.95. The molecule has 0 amide bonds. The lowest BCUT2D eigenvalue weighted by atomic mass is 10.0. The van der Waals surface area contributed by atoms with E-state index < -0.39 is 11.6 Å². The van der Waals surface area contributed by atoms with Crippen LogP contribution >= 0.6 is 11.8 Å². The summed E-state index contributed by atoms with van der Waals surface area (Å²) in [5.41, 5.74) is 0.195. The number of hydrogen-bond acceptors (Lipinski definition) is 2. The highest BCUT2D eigenvalue weighted by atomic mass is 32.2. The smallest absolute Gasteiger partial charge is 0.129 e. The fraction of sp³-hybridized carbons (Fsp3) is 0.571. The molecule has 1 aromatic rings. The van der Waals surface area contributed by atoms with E-state index >= 15 is 0 Å². The van der Waals surface area contributed by atoms with E-state index in [9.17, 15) is 8.78 Å². The Morgan fingerprint density at radius 3 is 2.72 bits per heavy atom. The molecule has 0 saturated carbocycles. The van der Waals surface area contributed by atoms with Crippen molar-refractivity contribution < 1.29 is 8.78 Å². The van der Waals surface area contributed by atoms with E-state index in [1.807, 2.05) is 18.7 Å². The maximum absolute atomic E-state index is 13.5. The lowest BCUT2D eigenvalue weighted by Gasteiger charge is -2.26. The number of nitrogens with one attached hydrogen (secondary N) is 1. The summed E-state index contributed by atoms with van der Waals surface area (Å²) in [7, 11) is 0. The first kappa shape index (κ1) is 13.8. The van der Waals surface area contributed by atoms with Crippen molar-refractivity contribution in [1.82, 2.24) is 5.32 Å². The summed E-state index contributed by atoms with van der Waals surface area (Å²) in [6, 6.07) is 4.63. The minimum atomic E-state index is -0.443. The van der Waals surface area contributed by atoms with Crippen LogP contribution in [-0.4, -0.2) is 23.6 Å². The molecule has 1 aliphatic rings. The van der Waals surface area contributed by atoms with Crippen molar-refractivity contribution in [2.75, 3.05) is 11.5 Å². The first-order chi connectivity index (χ1) is 8.66. The Morgan fingerprint density at radius 1 is 1.39 bits per heavy atom. The SMILES string of the molecule is CC(Cc1c(F)cccc1F)NC1CCCSC1. The molecule has 4 heteroatoms. The highest BCUT2D eigenvalue weighted by Gasteiger charge is 2.18. The van der Waals surface area contributed by atoms with Gasteiger partial charge in [-0.1, -0.05) is 6.07 Å². The molecule has 100 valence electrons. The molecule has 0 aromatic heterocycles. The lowest BCUT2D eigenvalue weighted by Crippen LogP contribution is -2.41. The predicted octanol–water partition coefficient (Wildman–Crippen LogP) is 3.38. The van der Waals surface area contributed by atoms with Crippen LogP contribution in [-0.2, 0) is 6.42 Å². The van der Waals surface area contributed by atoms with Gasteiger partial charge < -0.3 is 5.32 Å². The van der Waals surface area contributed by atoms with Gasteiger partial charge in [-0.15, -0.1) is 0 Å². The van der Waals surface area contributed by atoms with Crippen LogP contribution in [0.2, 0.25) is 0 Å². The Balaban J connectivity index is 1.92. The van der Waals surface area contributed by atoms with Gasteiger partial charge in [0.1, 0.15) is 11.6 Å². The van der Waals surface area contributed by atoms with E-state index in [-0.39, 0.29) is 11.6 Å². The number of halogens is 2. The van der Waals surface area contributed by atoms with Gasteiger partial charge in [-0.05, 0) is 44.1 Å². The number of hydrogen-bond donors (Lipinski definition) is 1. The van der Waals surface area contributed by atoms with Crippen molar-refractivity contribution in [1.29, 1.82) is 0 Å².